The number of aromatic nitrogens is 4. The summed E-state index contributed by atoms with van der Waals surface area (Å²) >= 11 is 0. The highest BCUT2D eigenvalue weighted by molar-refractivity contribution is 6.15. The first-order valence-corrected chi connectivity index (χ1v) is 13.2. The van der Waals surface area contributed by atoms with Crippen LogP contribution in [0, 0.1) is 12.7 Å². The van der Waals surface area contributed by atoms with Gasteiger partial charge >= 0.3 is 0 Å². The molecule has 0 unspecified atom stereocenters. The van der Waals surface area contributed by atoms with Gasteiger partial charge in [0.2, 0.25) is 0 Å². The fourth-order valence-electron chi connectivity index (χ4n) is 4.89. The maximum Gasteiger partial charge on any atom is 0.272 e. The number of Topliss-reactive ketones (excluding diaryl/α,β-unsaturated/α-hetero) is 1. The van der Waals surface area contributed by atoms with Gasteiger partial charge in [-0.2, -0.15) is 5.10 Å². The van der Waals surface area contributed by atoms with Crippen LogP contribution in [-0.4, -0.2) is 38.6 Å². The first kappa shape index (κ1) is 27.7. The average molecular weight is 584 g/mol. The summed E-state index contributed by atoms with van der Waals surface area (Å²) in [6.45, 7) is 1.03. The van der Waals surface area contributed by atoms with Crippen molar-refractivity contribution in [3.63, 3.8) is 0 Å². The maximum atomic E-state index is 14.0. The molecular weight excluding hydrogens is 559 g/mol. The van der Waals surface area contributed by atoms with Crippen LogP contribution in [0.15, 0.2) is 85.1 Å². The number of para-hydroxylation sites is 1. The average Bonchev–Trinajstić information content (AvgIpc) is 3.60. The Hall–Kier alpha value is -5.45. The van der Waals surface area contributed by atoms with Crippen LogP contribution in [0.2, 0.25) is 0 Å². The molecule has 0 radical (unpaired) electrons. The van der Waals surface area contributed by atoms with E-state index in [0.717, 1.165) is 5.56 Å². The Morgan fingerprint density at radius 3 is 2.56 bits per heavy atom. The van der Waals surface area contributed by atoms with Gasteiger partial charge in [-0.1, -0.05) is 12.1 Å². The molecule has 0 saturated carbocycles. The summed E-state index contributed by atoms with van der Waals surface area (Å²) in [7, 11) is 0. The van der Waals surface area contributed by atoms with Crippen molar-refractivity contribution < 1.29 is 27.4 Å². The number of allylic oxidation sites excluding steroid dienone is 1. The number of nitrogens with two attached hydrogens (primary N) is 1. The quantitative estimate of drug-likeness (QED) is 0.195. The lowest BCUT2D eigenvalue weighted by atomic mass is 9.99. The number of hydrogen-bond donors (Lipinski definition) is 1. The molecule has 0 atom stereocenters. The van der Waals surface area contributed by atoms with Crippen LogP contribution in [0.3, 0.4) is 0 Å². The molecule has 6 rings (SSSR count). The zero-order valence-corrected chi connectivity index (χ0v) is 22.8. The second-order valence-corrected chi connectivity index (χ2v) is 9.89. The molecule has 5 aromatic rings. The van der Waals surface area contributed by atoms with E-state index in [4.69, 9.17) is 15.2 Å². The molecule has 8 nitrogen and oxygen atoms in total. The number of nitrogen functional groups attached to an aromatic ring is 1. The molecule has 216 valence electrons. The summed E-state index contributed by atoms with van der Waals surface area (Å²) in [6.07, 6.45) is 5.25. The second-order valence-electron chi connectivity index (χ2n) is 9.89. The molecule has 1 aliphatic carbocycles. The fraction of sp³-hybridized carbons (Fsp3) is 0.125. The number of fused-ring (bicyclic) bond motifs is 1. The molecule has 0 amide bonds. The molecule has 2 N–H and O–H groups in total. The third kappa shape index (κ3) is 5.56. The van der Waals surface area contributed by atoms with Gasteiger partial charge in [0.25, 0.3) is 6.43 Å². The van der Waals surface area contributed by atoms with Crippen LogP contribution in [-0.2, 0) is 6.42 Å². The van der Waals surface area contributed by atoms with Crippen LogP contribution in [0.5, 0.6) is 17.2 Å². The number of halogens is 3. The summed E-state index contributed by atoms with van der Waals surface area (Å²) in [5, 5.41) is 4.34. The Balaban J connectivity index is 1.25. The number of carbonyl (C=O) groups is 1. The van der Waals surface area contributed by atoms with E-state index in [1.54, 1.807) is 67.9 Å². The number of rotatable bonds is 9. The van der Waals surface area contributed by atoms with Gasteiger partial charge in [0.1, 0.15) is 30.3 Å². The van der Waals surface area contributed by atoms with E-state index in [1.165, 1.54) is 29.3 Å². The first-order chi connectivity index (χ1) is 20.8. The van der Waals surface area contributed by atoms with Crippen molar-refractivity contribution in [2.45, 2.75) is 19.8 Å². The van der Waals surface area contributed by atoms with Crippen molar-refractivity contribution in [1.82, 2.24) is 19.7 Å². The number of ether oxygens (including phenoxy) is 2. The van der Waals surface area contributed by atoms with Gasteiger partial charge in [-0.3, -0.25) is 4.79 Å². The minimum Gasteiger partial charge on any atom is -0.487 e. The number of benzene rings is 3. The monoisotopic (exact) mass is 583 g/mol. The Morgan fingerprint density at radius 2 is 1.81 bits per heavy atom. The molecule has 0 spiro atoms. The molecule has 0 aliphatic heterocycles. The van der Waals surface area contributed by atoms with Gasteiger partial charge in [-0.15, -0.1) is 0 Å². The minimum absolute atomic E-state index is 0.104. The first-order valence-electron chi connectivity index (χ1n) is 13.2. The molecule has 0 bridgehead atoms. The van der Waals surface area contributed by atoms with Crippen molar-refractivity contribution in [2.75, 3.05) is 12.3 Å². The van der Waals surface area contributed by atoms with Gasteiger partial charge < -0.3 is 15.2 Å². The summed E-state index contributed by atoms with van der Waals surface area (Å²) in [6, 6.07) is 14.7. The number of nitrogens with zero attached hydrogens (tertiary/aromatic N) is 4. The fourth-order valence-corrected chi connectivity index (χ4v) is 4.89. The summed E-state index contributed by atoms with van der Waals surface area (Å²) in [4.78, 5) is 21.6. The van der Waals surface area contributed by atoms with E-state index in [9.17, 15) is 18.0 Å². The lowest BCUT2D eigenvalue weighted by Gasteiger charge is -2.13. The SMILES string of the molecule is Cc1cc(-n2ncc(C(=O)C3=Cc4cc(OCC(F)F)c(-c5cncnc5)cc4C3)c2N)ccc1Oc1ccccc1F. The standard InChI is InChI=1S/C32H24F3N5O3/c1-18-8-23(6-7-27(18)43-28-5-3-2-4-26(28)33)40-32(36)25(15-39-40)31(41)21-9-19-11-24(22-13-37-17-38-14-22)29(12-20(19)10-21)42-16-30(34)35/h2-8,10-15,17,30H,9,16,36H2,1H3. The number of aryl methyl sites for hydroxylation is 1. The summed E-state index contributed by atoms with van der Waals surface area (Å²) in [5.41, 5.74) is 11.0. The molecular formula is C32H24F3N5O3. The largest absolute Gasteiger partial charge is 0.487 e. The zero-order chi connectivity index (χ0) is 30.1. The number of alkyl halides is 2. The van der Waals surface area contributed by atoms with E-state index in [0.29, 0.717) is 45.7 Å². The molecule has 1 aliphatic rings. The topological polar surface area (TPSA) is 105 Å². The molecule has 0 saturated heterocycles. The van der Waals surface area contributed by atoms with Crippen molar-refractivity contribution in [2.24, 2.45) is 0 Å². The molecule has 0 fully saturated rings. The van der Waals surface area contributed by atoms with Crippen LogP contribution >= 0.6 is 0 Å². The van der Waals surface area contributed by atoms with Crippen molar-refractivity contribution in [3.05, 3.63) is 113 Å². The Bertz CT molecular complexity index is 1870. The maximum absolute atomic E-state index is 14.0. The second kappa shape index (κ2) is 11.4. The summed E-state index contributed by atoms with van der Waals surface area (Å²) < 4.78 is 52.5. The Kier molecular flexibility index (Phi) is 7.37. The molecule has 3 aromatic carbocycles. The van der Waals surface area contributed by atoms with E-state index in [-0.39, 0.29) is 28.7 Å². The van der Waals surface area contributed by atoms with E-state index >= 15 is 0 Å². The minimum atomic E-state index is -2.65. The van der Waals surface area contributed by atoms with Crippen LogP contribution < -0.4 is 15.2 Å². The highest BCUT2D eigenvalue weighted by Crippen LogP contribution is 2.38. The number of ketones is 1. The van der Waals surface area contributed by atoms with Gasteiger partial charge in [0.05, 0.1) is 17.4 Å². The predicted octanol–water partition coefficient (Wildman–Crippen LogP) is 6.62. The van der Waals surface area contributed by atoms with Crippen molar-refractivity contribution >= 4 is 17.7 Å². The zero-order valence-electron chi connectivity index (χ0n) is 22.8. The van der Waals surface area contributed by atoms with Crippen LogP contribution in [0.4, 0.5) is 19.0 Å². The van der Waals surface area contributed by atoms with Crippen LogP contribution in [0.1, 0.15) is 27.0 Å². The molecule has 11 heteroatoms. The lowest BCUT2D eigenvalue weighted by Crippen LogP contribution is -2.09. The number of hydrogen-bond acceptors (Lipinski definition) is 7. The highest BCUT2D eigenvalue weighted by Gasteiger charge is 2.26. The normalized spacial score (nSPS) is 12.3. The van der Waals surface area contributed by atoms with Gasteiger partial charge in [-0.05, 0) is 72.2 Å². The predicted molar refractivity (Wildman–Crippen MR) is 154 cm³/mol. The lowest BCUT2D eigenvalue weighted by molar-refractivity contribution is 0.0821. The van der Waals surface area contributed by atoms with Crippen molar-refractivity contribution in [3.8, 4) is 34.1 Å². The van der Waals surface area contributed by atoms with Gasteiger partial charge in [0.15, 0.2) is 17.3 Å². The number of carbonyl (C=O) groups excluding carboxylic acids is 1. The van der Waals surface area contributed by atoms with Gasteiger partial charge in [0, 0.05) is 35.5 Å². The molecule has 2 heterocycles. The Morgan fingerprint density at radius 1 is 1.02 bits per heavy atom. The highest BCUT2D eigenvalue weighted by atomic mass is 19.3. The van der Waals surface area contributed by atoms with Crippen molar-refractivity contribution in [1.29, 1.82) is 0 Å². The number of anilines is 1. The van der Waals surface area contributed by atoms with E-state index in [1.807, 2.05) is 0 Å². The van der Waals surface area contributed by atoms with E-state index in [2.05, 4.69) is 15.1 Å². The Labute approximate surface area is 244 Å². The summed E-state index contributed by atoms with van der Waals surface area (Å²) in [5.74, 6) is 0.165. The molecule has 2 aromatic heterocycles. The third-order valence-corrected chi connectivity index (χ3v) is 6.99. The smallest absolute Gasteiger partial charge is 0.272 e. The third-order valence-electron chi connectivity index (χ3n) is 6.99. The van der Waals surface area contributed by atoms with Crippen LogP contribution in [0.25, 0.3) is 22.9 Å². The van der Waals surface area contributed by atoms with Gasteiger partial charge in [-0.25, -0.2) is 27.8 Å². The van der Waals surface area contributed by atoms with E-state index < -0.39 is 18.8 Å². The molecule has 43 heavy (non-hydrogen) atoms.